The van der Waals surface area contributed by atoms with Crippen molar-refractivity contribution in [2.75, 3.05) is 7.11 Å². The zero-order valence-corrected chi connectivity index (χ0v) is 12.8. The molecule has 0 saturated heterocycles. The van der Waals surface area contributed by atoms with E-state index in [4.69, 9.17) is 4.74 Å². The van der Waals surface area contributed by atoms with Crippen LogP contribution in [-0.2, 0) is 12.8 Å². The summed E-state index contributed by atoms with van der Waals surface area (Å²) in [5.74, 6) is 0.914. The fraction of sp³-hybridized carbons (Fsp3) is 0.368. The average Bonchev–Trinajstić information content (AvgIpc) is 2.55. The van der Waals surface area contributed by atoms with Crippen molar-refractivity contribution in [1.82, 2.24) is 5.32 Å². The minimum absolute atomic E-state index is 0.367. The van der Waals surface area contributed by atoms with Crippen molar-refractivity contribution in [1.29, 1.82) is 0 Å². The number of ether oxygens (including phenoxy) is 1. The van der Waals surface area contributed by atoms with Crippen LogP contribution < -0.4 is 10.1 Å². The van der Waals surface area contributed by atoms with Crippen molar-refractivity contribution in [3.63, 3.8) is 0 Å². The molecule has 0 saturated carbocycles. The summed E-state index contributed by atoms with van der Waals surface area (Å²) in [7, 11) is 1.70. The van der Waals surface area contributed by atoms with Crippen molar-refractivity contribution in [2.24, 2.45) is 0 Å². The van der Waals surface area contributed by atoms with E-state index in [0.29, 0.717) is 12.1 Å². The second kappa shape index (κ2) is 6.31. The molecule has 2 aromatic carbocycles. The van der Waals surface area contributed by atoms with Crippen LogP contribution in [0.5, 0.6) is 5.75 Å². The molecule has 1 aliphatic rings. The number of fused-ring (bicyclic) bond motifs is 1. The van der Waals surface area contributed by atoms with Crippen LogP contribution in [0.1, 0.15) is 36.1 Å². The summed E-state index contributed by atoms with van der Waals surface area (Å²) < 4.78 is 5.22. The molecule has 2 nitrogen and oxygen atoms in total. The molecule has 0 amide bonds. The lowest BCUT2D eigenvalue weighted by molar-refractivity contribution is 0.408. The topological polar surface area (TPSA) is 21.3 Å². The molecule has 0 spiro atoms. The van der Waals surface area contributed by atoms with Gasteiger partial charge in [-0.3, -0.25) is 0 Å². The highest BCUT2D eigenvalue weighted by molar-refractivity contribution is 5.31. The molecule has 0 heterocycles. The summed E-state index contributed by atoms with van der Waals surface area (Å²) in [6.45, 7) is 2.24. The van der Waals surface area contributed by atoms with Gasteiger partial charge in [0, 0.05) is 12.1 Å². The maximum atomic E-state index is 5.22. The lowest BCUT2D eigenvalue weighted by atomic mass is 9.88. The van der Waals surface area contributed by atoms with Gasteiger partial charge in [-0.05, 0) is 55.0 Å². The van der Waals surface area contributed by atoms with Crippen LogP contribution in [0.25, 0.3) is 0 Å². The SMILES string of the molecule is COc1ccc(C(C)NC2CCc3ccccc3C2)cc1. The number of methoxy groups -OCH3 is 1. The molecule has 2 aromatic rings. The van der Waals surface area contributed by atoms with E-state index in [9.17, 15) is 0 Å². The second-order valence-electron chi connectivity index (χ2n) is 5.87. The summed E-state index contributed by atoms with van der Waals surface area (Å²) in [5.41, 5.74) is 4.34. The van der Waals surface area contributed by atoms with Gasteiger partial charge < -0.3 is 10.1 Å². The van der Waals surface area contributed by atoms with Crippen LogP contribution in [-0.4, -0.2) is 13.2 Å². The molecule has 21 heavy (non-hydrogen) atoms. The number of hydrogen-bond acceptors (Lipinski definition) is 2. The summed E-state index contributed by atoms with van der Waals surface area (Å²) in [6, 6.07) is 18.1. The van der Waals surface area contributed by atoms with E-state index >= 15 is 0 Å². The molecule has 0 aliphatic heterocycles. The quantitative estimate of drug-likeness (QED) is 0.917. The van der Waals surface area contributed by atoms with E-state index < -0.39 is 0 Å². The van der Waals surface area contributed by atoms with Crippen LogP contribution in [0.3, 0.4) is 0 Å². The maximum absolute atomic E-state index is 5.22. The maximum Gasteiger partial charge on any atom is 0.118 e. The number of rotatable bonds is 4. The molecule has 0 fully saturated rings. The van der Waals surface area contributed by atoms with E-state index in [1.165, 1.54) is 29.5 Å². The first-order chi connectivity index (χ1) is 10.3. The Labute approximate surface area is 127 Å². The number of nitrogens with one attached hydrogen (secondary N) is 1. The van der Waals surface area contributed by atoms with Gasteiger partial charge >= 0.3 is 0 Å². The summed E-state index contributed by atoms with van der Waals surface area (Å²) in [5, 5.41) is 3.77. The minimum atomic E-state index is 0.367. The second-order valence-corrected chi connectivity index (χ2v) is 5.87. The average molecular weight is 281 g/mol. The highest BCUT2D eigenvalue weighted by Gasteiger charge is 2.19. The van der Waals surface area contributed by atoms with Crippen molar-refractivity contribution >= 4 is 0 Å². The molecular weight excluding hydrogens is 258 g/mol. The molecule has 1 N–H and O–H groups in total. The first-order valence-electron chi connectivity index (χ1n) is 7.73. The zero-order valence-electron chi connectivity index (χ0n) is 12.8. The van der Waals surface area contributed by atoms with Crippen LogP contribution in [0.4, 0.5) is 0 Å². The molecular formula is C19H23NO. The Hall–Kier alpha value is -1.80. The van der Waals surface area contributed by atoms with Gasteiger partial charge in [0.2, 0.25) is 0 Å². The van der Waals surface area contributed by atoms with Gasteiger partial charge in [-0.15, -0.1) is 0 Å². The Bertz CT molecular complexity index is 591. The molecule has 1 aliphatic carbocycles. The predicted molar refractivity (Wildman–Crippen MR) is 86.8 cm³/mol. The van der Waals surface area contributed by atoms with Crippen molar-refractivity contribution in [3.8, 4) is 5.75 Å². The third-order valence-electron chi connectivity index (χ3n) is 4.45. The molecule has 0 bridgehead atoms. The molecule has 2 unspecified atom stereocenters. The largest absolute Gasteiger partial charge is 0.497 e. The molecule has 2 atom stereocenters. The van der Waals surface area contributed by atoms with E-state index in [0.717, 1.165) is 12.2 Å². The first-order valence-corrected chi connectivity index (χ1v) is 7.73. The third-order valence-corrected chi connectivity index (χ3v) is 4.45. The van der Waals surface area contributed by atoms with Gasteiger partial charge in [-0.25, -0.2) is 0 Å². The third kappa shape index (κ3) is 3.27. The van der Waals surface area contributed by atoms with Gasteiger partial charge in [0.05, 0.1) is 7.11 Å². The highest BCUT2D eigenvalue weighted by atomic mass is 16.5. The van der Waals surface area contributed by atoms with Crippen molar-refractivity contribution in [3.05, 3.63) is 65.2 Å². The molecule has 0 aromatic heterocycles. The minimum Gasteiger partial charge on any atom is -0.497 e. The van der Waals surface area contributed by atoms with E-state index in [-0.39, 0.29) is 0 Å². The molecule has 0 radical (unpaired) electrons. The molecule has 110 valence electrons. The monoisotopic (exact) mass is 281 g/mol. The Morgan fingerprint density at radius 3 is 2.48 bits per heavy atom. The Kier molecular flexibility index (Phi) is 4.26. The van der Waals surface area contributed by atoms with Crippen LogP contribution in [0, 0.1) is 0 Å². The van der Waals surface area contributed by atoms with E-state index in [1.807, 2.05) is 12.1 Å². The summed E-state index contributed by atoms with van der Waals surface area (Å²) >= 11 is 0. The highest BCUT2D eigenvalue weighted by Crippen LogP contribution is 2.24. The van der Waals surface area contributed by atoms with Gasteiger partial charge in [0.1, 0.15) is 5.75 Å². The lowest BCUT2D eigenvalue weighted by Crippen LogP contribution is -2.36. The normalized spacial score (nSPS) is 18.9. The van der Waals surface area contributed by atoms with Crippen molar-refractivity contribution < 1.29 is 4.74 Å². The predicted octanol–water partition coefficient (Wildman–Crippen LogP) is 3.90. The van der Waals surface area contributed by atoms with E-state index in [1.54, 1.807) is 7.11 Å². The molecule has 3 rings (SSSR count). The van der Waals surface area contributed by atoms with Crippen LogP contribution in [0.2, 0.25) is 0 Å². The van der Waals surface area contributed by atoms with Crippen molar-refractivity contribution in [2.45, 2.75) is 38.3 Å². The Morgan fingerprint density at radius 2 is 1.76 bits per heavy atom. The van der Waals surface area contributed by atoms with Crippen LogP contribution in [0.15, 0.2) is 48.5 Å². The Morgan fingerprint density at radius 1 is 1.05 bits per heavy atom. The number of hydrogen-bond donors (Lipinski definition) is 1. The number of aryl methyl sites for hydroxylation is 1. The van der Waals surface area contributed by atoms with Gasteiger partial charge in [-0.1, -0.05) is 36.4 Å². The molecule has 2 heteroatoms. The summed E-state index contributed by atoms with van der Waals surface area (Å²) in [4.78, 5) is 0. The standard InChI is InChI=1S/C19H23NO/c1-14(15-8-11-19(21-2)12-9-15)20-18-10-7-16-5-3-4-6-17(16)13-18/h3-6,8-9,11-12,14,18,20H,7,10,13H2,1-2H3. The first kappa shape index (κ1) is 14.2. The summed E-state index contributed by atoms with van der Waals surface area (Å²) in [6.07, 6.45) is 3.54. The zero-order chi connectivity index (χ0) is 14.7. The lowest BCUT2D eigenvalue weighted by Gasteiger charge is -2.28. The number of benzene rings is 2. The Balaban J connectivity index is 1.64. The smallest absolute Gasteiger partial charge is 0.118 e. The van der Waals surface area contributed by atoms with E-state index in [2.05, 4.69) is 48.6 Å². The fourth-order valence-corrected chi connectivity index (χ4v) is 3.18. The van der Waals surface area contributed by atoms with Gasteiger partial charge in [-0.2, -0.15) is 0 Å². The van der Waals surface area contributed by atoms with Gasteiger partial charge in [0.25, 0.3) is 0 Å². The fourth-order valence-electron chi connectivity index (χ4n) is 3.18. The van der Waals surface area contributed by atoms with Gasteiger partial charge in [0.15, 0.2) is 0 Å². The van der Waals surface area contributed by atoms with Crippen LogP contribution >= 0.6 is 0 Å².